The largest absolute Gasteiger partial charge is 0.374 e. The van der Waals surface area contributed by atoms with Gasteiger partial charge in [-0.05, 0) is 24.1 Å². The molecule has 0 aromatic heterocycles. The zero-order valence-electron chi connectivity index (χ0n) is 11.7. The molecule has 1 aromatic rings. The first-order chi connectivity index (χ1) is 9.63. The summed E-state index contributed by atoms with van der Waals surface area (Å²) in [5.41, 5.74) is 1.01. The Kier molecular flexibility index (Phi) is 8.30. The maximum absolute atomic E-state index is 12.9. The molecular formula is C15H22F3NO. The Morgan fingerprint density at radius 2 is 1.90 bits per heavy atom. The van der Waals surface area contributed by atoms with Gasteiger partial charge in [0.25, 0.3) is 6.43 Å². The van der Waals surface area contributed by atoms with E-state index in [2.05, 4.69) is 12.2 Å². The third-order valence-corrected chi connectivity index (χ3v) is 3.00. The molecule has 0 aliphatic heterocycles. The highest BCUT2D eigenvalue weighted by molar-refractivity contribution is 5.19. The first-order valence-electron chi connectivity index (χ1n) is 6.98. The molecule has 5 heteroatoms. The molecule has 1 atom stereocenters. The molecule has 0 saturated carbocycles. The van der Waals surface area contributed by atoms with Crippen LogP contribution in [-0.2, 0) is 4.74 Å². The van der Waals surface area contributed by atoms with Gasteiger partial charge in [0.1, 0.15) is 12.4 Å². The molecule has 0 spiro atoms. The van der Waals surface area contributed by atoms with Crippen LogP contribution in [0.4, 0.5) is 13.2 Å². The first kappa shape index (κ1) is 17.0. The lowest BCUT2D eigenvalue weighted by atomic mass is 10.0. The third kappa shape index (κ3) is 6.91. The second kappa shape index (κ2) is 9.77. The van der Waals surface area contributed by atoms with E-state index >= 15 is 0 Å². The third-order valence-electron chi connectivity index (χ3n) is 3.00. The number of unbranched alkanes of at least 4 members (excludes halogenated alkanes) is 1. The molecule has 0 aliphatic carbocycles. The van der Waals surface area contributed by atoms with Crippen LogP contribution in [0.15, 0.2) is 24.3 Å². The lowest BCUT2D eigenvalue weighted by Crippen LogP contribution is -2.26. The highest BCUT2D eigenvalue weighted by atomic mass is 19.3. The van der Waals surface area contributed by atoms with Crippen molar-refractivity contribution in [3.63, 3.8) is 0 Å². The summed E-state index contributed by atoms with van der Waals surface area (Å²) in [6.07, 6.45) is 0.619. The Balaban J connectivity index is 2.41. The molecule has 1 unspecified atom stereocenters. The van der Waals surface area contributed by atoms with Crippen molar-refractivity contribution in [2.45, 2.75) is 38.7 Å². The van der Waals surface area contributed by atoms with Crippen LogP contribution in [0.5, 0.6) is 0 Å². The van der Waals surface area contributed by atoms with E-state index in [0.29, 0.717) is 6.54 Å². The van der Waals surface area contributed by atoms with Crippen LogP contribution >= 0.6 is 0 Å². The predicted octanol–water partition coefficient (Wildman–Crippen LogP) is 3.93. The Labute approximate surface area is 118 Å². The molecule has 0 heterocycles. The van der Waals surface area contributed by atoms with E-state index < -0.39 is 13.0 Å². The minimum Gasteiger partial charge on any atom is -0.374 e. The molecule has 0 saturated heterocycles. The summed E-state index contributed by atoms with van der Waals surface area (Å²) < 4.78 is 41.6. The number of hydrogen-bond acceptors (Lipinski definition) is 2. The number of alkyl halides is 2. The van der Waals surface area contributed by atoms with Gasteiger partial charge in [-0.3, -0.25) is 0 Å². The molecule has 1 aromatic carbocycles. The number of hydrogen-bond donors (Lipinski definition) is 1. The van der Waals surface area contributed by atoms with E-state index in [1.54, 1.807) is 12.1 Å². The van der Waals surface area contributed by atoms with Crippen molar-refractivity contribution < 1.29 is 17.9 Å². The molecular weight excluding hydrogens is 267 g/mol. The Hall–Kier alpha value is -1.07. The zero-order valence-corrected chi connectivity index (χ0v) is 11.7. The fourth-order valence-electron chi connectivity index (χ4n) is 1.97. The van der Waals surface area contributed by atoms with Gasteiger partial charge >= 0.3 is 0 Å². The fourth-order valence-corrected chi connectivity index (χ4v) is 1.97. The van der Waals surface area contributed by atoms with Crippen molar-refractivity contribution in [3.05, 3.63) is 35.6 Å². The number of ether oxygens (including phenoxy) is 1. The van der Waals surface area contributed by atoms with Crippen LogP contribution < -0.4 is 5.32 Å². The van der Waals surface area contributed by atoms with Crippen molar-refractivity contribution in [2.24, 2.45) is 0 Å². The molecule has 0 bridgehead atoms. The summed E-state index contributed by atoms with van der Waals surface area (Å²) >= 11 is 0. The van der Waals surface area contributed by atoms with E-state index in [1.165, 1.54) is 12.1 Å². The van der Waals surface area contributed by atoms with Crippen LogP contribution in [0.2, 0.25) is 0 Å². The van der Waals surface area contributed by atoms with Crippen LogP contribution in [0, 0.1) is 5.82 Å². The monoisotopic (exact) mass is 289 g/mol. The maximum Gasteiger partial charge on any atom is 0.261 e. The SMILES string of the molecule is CCCCC(NCCOCC(F)F)c1ccc(F)cc1. The second-order valence-corrected chi connectivity index (χ2v) is 4.67. The lowest BCUT2D eigenvalue weighted by Gasteiger charge is -2.19. The van der Waals surface area contributed by atoms with Gasteiger partial charge in [0.2, 0.25) is 0 Å². The van der Waals surface area contributed by atoms with E-state index in [9.17, 15) is 13.2 Å². The van der Waals surface area contributed by atoms with Gasteiger partial charge in [-0.25, -0.2) is 13.2 Å². The summed E-state index contributed by atoms with van der Waals surface area (Å²) in [5, 5.41) is 3.27. The standard InChI is InChI=1S/C15H22F3NO/c1-2-3-4-14(12-5-7-13(16)8-6-12)19-9-10-20-11-15(17)18/h5-8,14-15,19H,2-4,9-11H2,1H3. The first-order valence-corrected chi connectivity index (χ1v) is 6.98. The fraction of sp³-hybridized carbons (Fsp3) is 0.600. The Morgan fingerprint density at radius 1 is 1.20 bits per heavy atom. The molecule has 0 amide bonds. The molecule has 2 nitrogen and oxygen atoms in total. The Morgan fingerprint density at radius 3 is 2.50 bits per heavy atom. The molecule has 0 radical (unpaired) electrons. The smallest absolute Gasteiger partial charge is 0.261 e. The molecule has 0 aliphatic rings. The van der Waals surface area contributed by atoms with Crippen LogP contribution in [0.3, 0.4) is 0 Å². The second-order valence-electron chi connectivity index (χ2n) is 4.67. The van der Waals surface area contributed by atoms with Crippen LogP contribution in [0.25, 0.3) is 0 Å². The van der Waals surface area contributed by atoms with Crippen LogP contribution in [-0.4, -0.2) is 26.2 Å². The normalized spacial score (nSPS) is 12.8. The van der Waals surface area contributed by atoms with Gasteiger partial charge in [-0.15, -0.1) is 0 Å². The molecule has 20 heavy (non-hydrogen) atoms. The molecule has 0 fully saturated rings. The summed E-state index contributed by atoms with van der Waals surface area (Å²) in [6.45, 7) is 2.32. The highest BCUT2D eigenvalue weighted by Gasteiger charge is 2.10. The highest BCUT2D eigenvalue weighted by Crippen LogP contribution is 2.19. The van der Waals surface area contributed by atoms with E-state index in [-0.39, 0.29) is 18.5 Å². The van der Waals surface area contributed by atoms with Gasteiger partial charge in [0.05, 0.1) is 6.61 Å². The minimum atomic E-state index is -2.43. The number of nitrogens with one attached hydrogen (secondary N) is 1. The van der Waals surface area contributed by atoms with Crippen molar-refractivity contribution in [1.82, 2.24) is 5.32 Å². The lowest BCUT2D eigenvalue weighted by molar-refractivity contribution is 0.0181. The van der Waals surface area contributed by atoms with Crippen molar-refractivity contribution >= 4 is 0 Å². The van der Waals surface area contributed by atoms with Crippen LogP contribution in [0.1, 0.15) is 37.8 Å². The maximum atomic E-state index is 12.9. The summed E-state index contributed by atoms with van der Waals surface area (Å²) in [5.74, 6) is -0.261. The van der Waals surface area contributed by atoms with E-state index in [4.69, 9.17) is 4.74 Å². The topological polar surface area (TPSA) is 21.3 Å². The van der Waals surface area contributed by atoms with Crippen molar-refractivity contribution in [3.8, 4) is 0 Å². The average Bonchev–Trinajstić information content (AvgIpc) is 2.42. The quantitative estimate of drug-likeness (QED) is 0.659. The molecule has 1 N–H and O–H groups in total. The van der Waals surface area contributed by atoms with E-state index in [1.807, 2.05) is 0 Å². The number of benzene rings is 1. The number of rotatable bonds is 10. The van der Waals surface area contributed by atoms with E-state index in [0.717, 1.165) is 24.8 Å². The molecule has 114 valence electrons. The summed E-state index contributed by atoms with van der Waals surface area (Å²) in [4.78, 5) is 0. The molecule has 1 rings (SSSR count). The average molecular weight is 289 g/mol. The number of halogens is 3. The van der Waals surface area contributed by atoms with Gasteiger partial charge in [-0.2, -0.15) is 0 Å². The summed E-state index contributed by atoms with van der Waals surface area (Å²) in [6, 6.07) is 6.48. The van der Waals surface area contributed by atoms with Gasteiger partial charge in [-0.1, -0.05) is 31.9 Å². The minimum absolute atomic E-state index is 0.102. The van der Waals surface area contributed by atoms with Gasteiger partial charge < -0.3 is 10.1 Å². The van der Waals surface area contributed by atoms with Crippen molar-refractivity contribution in [2.75, 3.05) is 19.8 Å². The zero-order chi connectivity index (χ0) is 14.8. The Bertz CT molecular complexity index is 357. The van der Waals surface area contributed by atoms with Gasteiger partial charge in [0.15, 0.2) is 0 Å². The van der Waals surface area contributed by atoms with Crippen molar-refractivity contribution in [1.29, 1.82) is 0 Å². The van der Waals surface area contributed by atoms with Gasteiger partial charge in [0, 0.05) is 12.6 Å². The predicted molar refractivity (Wildman–Crippen MR) is 73.5 cm³/mol. The summed E-state index contributed by atoms with van der Waals surface area (Å²) in [7, 11) is 0.